The Bertz CT molecular complexity index is 920. The SMILES string of the molecule is CC(C)Oc1ccc(C(=O)N2CCN(S(=O)(=O)c3ccc(Br)cc3)CC2)cc1. The number of piperazine rings is 1. The number of amides is 1. The van der Waals surface area contributed by atoms with Crippen LogP contribution in [0.5, 0.6) is 5.75 Å². The van der Waals surface area contributed by atoms with Gasteiger partial charge < -0.3 is 9.64 Å². The van der Waals surface area contributed by atoms with E-state index in [2.05, 4.69) is 15.9 Å². The lowest BCUT2D eigenvalue weighted by atomic mass is 10.2. The van der Waals surface area contributed by atoms with Crippen LogP contribution in [0.25, 0.3) is 0 Å². The van der Waals surface area contributed by atoms with Crippen molar-refractivity contribution in [2.24, 2.45) is 0 Å². The number of hydrogen-bond donors (Lipinski definition) is 0. The van der Waals surface area contributed by atoms with Gasteiger partial charge in [-0.15, -0.1) is 0 Å². The fraction of sp³-hybridized carbons (Fsp3) is 0.350. The summed E-state index contributed by atoms with van der Waals surface area (Å²) in [5, 5.41) is 0. The lowest BCUT2D eigenvalue weighted by Crippen LogP contribution is -2.50. The zero-order valence-corrected chi connectivity index (χ0v) is 18.2. The van der Waals surface area contributed by atoms with Crippen molar-refractivity contribution in [2.75, 3.05) is 26.2 Å². The molecule has 0 N–H and O–H groups in total. The molecule has 1 fully saturated rings. The normalized spacial score (nSPS) is 15.6. The Kier molecular flexibility index (Phi) is 6.42. The minimum Gasteiger partial charge on any atom is -0.491 e. The van der Waals surface area contributed by atoms with Crippen LogP contribution in [0.4, 0.5) is 0 Å². The molecule has 8 heteroatoms. The van der Waals surface area contributed by atoms with Gasteiger partial charge in [-0.1, -0.05) is 15.9 Å². The first kappa shape index (κ1) is 20.8. The van der Waals surface area contributed by atoms with Gasteiger partial charge in [0.2, 0.25) is 10.0 Å². The number of rotatable bonds is 5. The second-order valence-electron chi connectivity index (χ2n) is 6.84. The summed E-state index contributed by atoms with van der Waals surface area (Å²) >= 11 is 3.31. The highest BCUT2D eigenvalue weighted by Gasteiger charge is 2.30. The monoisotopic (exact) mass is 466 g/mol. The summed E-state index contributed by atoms with van der Waals surface area (Å²) in [5.74, 6) is 0.619. The average molecular weight is 467 g/mol. The first-order chi connectivity index (χ1) is 13.3. The summed E-state index contributed by atoms with van der Waals surface area (Å²) in [7, 11) is -3.55. The van der Waals surface area contributed by atoms with Gasteiger partial charge in [-0.25, -0.2) is 8.42 Å². The van der Waals surface area contributed by atoms with Crippen LogP contribution in [0, 0.1) is 0 Å². The van der Waals surface area contributed by atoms with Crippen molar-refractivity contribution in [1.29, 1.82) is 0 Å². The number of carbonyl (C=O) groups is 1. The summed E-state index contributed by atoms with van der Waals surface area (Å²) in [5.41, 5.74) is 0.570. The van der Waals surface area contributed by atoms with Crippen LogP contribution in [-0.2, 0) is 10.0 Å². The zero-order chi connectivity index (χ0) is 20.3. The Morgan fingerprint density at radius 2 is 1.54 bits per heavy atom. The van der Waals surface area contributed by atoms with Gasteiger partial charge in [-0.3, -0.25) is 4.79 Å². The molecule has 0 radical (unpaired) electrons. The predicted molar refractivity (Wildman–Crippen MR) is 111 cm³/mol. The summed E-state index contributed by atoms with van der Waals surface area (Å²) in [6.45, 7) is 5.16. The standard InChI is InChI=1S/C20H23BrN2O4S/c1-15(2)27-18-7-3-16(4-8-18)20(24)22-11-13-23(14-12-22)28(25,26)19-9-5-17(21)6-10-19/h3-10,15H,11-14H2,1-2H3. The molecule has 1 saturated heterocycles. The van der Waals surface area contributed by atoms with Gasteiger partial charge in [0.05, 0.1) is 11.0 Å². The topological polar surface area (TPSA) is 66.9 Å². The van der Waals surface area contributed by atoms with Crippen molar-refractivity contribution in [3.05, 3.63) is 58.6 Å². The lowest BCUT2D eigenvalue weighted by molar-refractivity contribution is 0.0698. The number of ether oxygens (including phenoxy) is 1. The summed E-state index contributed by atoms with van der Waals surface area (Å²) in [6, 6.07) is 13.6. The maximum absolute atomic E-state index is 12.8. The first-order valence-electron chi connectivity index (χ1n) is 9.09. The molecule has 0 atom stereocenters. The third-order valence-electron chi connectivity index (χ3n) is 4.45. The molecule has 2 aromatic carbocycles. The minimum absolute atomic E-state index is 0.0716. The molecular formula is C20H23BrN2O4S. The van der Waals surface area contributed by atoms with Gasteiger partial charge in [0.15, 0.2) is 0 Å². The van der Waals surface area contributed by atoms with Crippen LogP contribution >= 0.6 is 15.9 Å². The summed E-state index contributed by atoms with van der Waals surface area (Å²) < 4.78 is 33.4. The lowest BCUT2D eigenvalue weighted by Gasteiger charge is -2.34. The highest BCUT2D eigenvalue weighted by Crippen LogP contribution is 2.21. The molecule has 1 heterocycles. The van der Waals surface area contributed by atoms with Crippen molar-refractivity contribution >= 4 is 31.9 Å². The van der Waals surface area contributed by atoms with Crippen LogP contribution < -0.4 is 4.74 Å². The third-order valence-corrected chi connectivity index (χ3v) is 6.89. The van der Waals surface area contributed by atoms with E-state index in [4.69, 9.17) is 4.74 Å². The molecule has 0 saturated carbocycles. The molecule has 0 bridgehead atoms. The molecule has 1 amide bonds. The van der Waals surface area contributed by atoms with Gasteiger partial charge in [0, 0.05) is 36.2 Å². The van der Waals surface area contributed by atoms with Crippen LogP contribution in [0.3, 0.4) is 0 Å². The van der Waals surface area contributed by atoms with E-state index >= 15 is 0 Å². The maximum atomic E-state index is 12.8. The smallest absolute Gasteiger partial charge is 0.253 e. The Morgan fingerprint density at radius 3 is 2.07 bits per heavy atom. The minimum atomic E-state index is -3.55. The van der Waals surface area contributed by atoms with E-state index in [1.54, 1.807) is 53.4 Å². The van der Waals surface area contributed by atoms with Crippen molar-refractivity contribution in [2.45, 2.75) is 24.8 Å². The number of nitrogens with zero attached hydrogens (tertiary/aromatic N) is 2. The van der Waals surface area contributed by atoms with E-state index in [0.29, 0.717) is 18.7 Å². The number of halogens is 1. The van der Waals surface area contributed by atoms with Crippen molar-refractivity contribution < 1.29 is 17.9 Å². The quantitative estimate of drug-likeness (QED) is 0.677. The predicted octanol–water partition coefficient (Wildman–Crippen LogP) is 3.38. The van der Waals surface area contributed by atoms with Crippen LogP contribution in [-0.4, -0.2) is 55.8 Å². The second kappa shape index (κ2) is 8.63. The van der Waals surface area contributed by atoms with E-state index in [0.717, 1.165) is 10.2 Å². The fourth-order valence-electron chi connectivity index (χ4n) is 3.02. The largest absolute Gasteiger partial charge is 0.491 e. The van der Waals surface area contributed by atoms with Crippen LogP contribution in [0.15, 0.2) is 57.9 Å². The summed E-state index contributed by atoms with van der Waals surface area (Å²) in [4.78, 5) is 14.7. The van der Waals surface area contributed by atoms with E-state index in [-0.39, 0.29) is 30.0 Å². The number of benzene rings is 2. The molecule has 0 aliphatic carbocycles. The Morgan fingerprint density at radius 1 is 0.964 bits per heavy atom. The van der Waals surface area contributed by atoms with E-state index in [9.17, 15) is 13.2 Å². The van der Waals surface area contributed by atoms with Gasteiger partial charge in [-0.2, -0.15) is 4.31 Å². The molecule has 2 aromatic rings. The first-order valence-corrected chi connectivity index (χ1v) is 11.3. The van der Waals surface area contributed by atoms with Crippen molar-refractivity contribution in [1.82, 2.24) is 9.21 Å². The zero-order valence-electron chi connectivity index (χ0n) is 15.8. The second-order valence-corrected chi connectivity index (χ2v) is 9.69. The molecular weight excluding hydrogens is 444 g/mol. The van der Waals surface area contributed by atoms with Crippen LogP contribution in [0.2, 0.25) is 0 Å². The highest BCUT2D eigenvalue weighted by molar-refractivity contribution is 9.10. The maximum Gasteiger partial charge on any atom is 0.253 e. The number of hydrogen-bond acceptors (Lipinski definition) is 4. The van der Waals surface area contributed by atoms with Crippen molar-refractivity contribution in [3.8, 4) is 5.75 Å². The molecule has 28 heavy (non-hydrogen) atoms. The molecule has 0 spiro atoms. The molecule has 0 aromatic heterocycles. The number of sulfonamides is 1. The van der Waals surface area contributed by atoms with Crippen LogP contribution in [0.1, 0.15) is 24.2 Å². The Hall–Kier alpha value is -1.90. The van der Waals surface area contributed by atoms with Crippen molar-refractivity contribution in [3.63, 3.8) is 0 Å². The fourth-order valence-corrected chi connectivity index (χ4v) is 4.70. The molecule has 6 nitrogen and oxygen atoms in total. The molecule has 0 unspecified atom stereocenters. The highest BCUT2D eigenvalue weighted by atomic mass is 79.9. The molecule has 1 aliphatic heterocycles. The Labute approximate surface area is 174 Å². The van der Waals surface area contributed by atoms with Gasteiger partial charge >= 0.3 is 0 Å². The molecule has 150 valence electrons. The van der Waals surface area contributed by atoms with Gasteiger partial charge in [-0.05, 0) is 62.4 Å². The van der Waals surface area contributed by atoms with E-state index < -0.39 is 10.0 Å². The van der Waals surface area contributed by atoms with E-state index in [1.807, 2.05) is 13.8 Å². The third kappa shape index (κ3) is 4.74. The van der Waals surface area contributed by atoms with E-state index in [1.165, 1.54) is 4.31 Å². The molecule has 1 aliphatic rings. The molecule has 3 rings (SSSR count). The van der Waals surface area contributed by atoms with Gasteiger partial charge in [0.25, 0.3) is 5.91 Å². The average Bonchev–Trinajstić information content (AvgIpc) is 2.68. The Balaban J connectivity index is 1.63. The summed E-state index contributed by atoms with van der Waals surface area (Å²) in [6.07, 6.45) is 0.0716. The van der Waals surface area contributed by atoms with Gasteiger partial charge in [0.1, 0.15) is 5.75 Å². The number of carbonyl (C=O) groups excluding carboxylic acids is 1.